The van der Waals surface area contributed by atoms with Crippen LogP contribution in [0.3, 0.4) is 0 Å². The summed E-state index contributed by atoms with van der Waals surface area (Å²) < 4.78 is 0. The number of amides is 1. The van der Waals surface area contributed by atoms with E-state index in [0.29, 0.717) is 0 Å². The Morgan fingerprint density at radius 2 is 2.28 bits per heavy atom. The fourth-order valence-corrected chi connectivity index (χ4v) is 2.78. The summed E-state index contributed by atoms with van der Waals surface area (Å²) in [6, 6.07) is 6.09. The molecule has 2 unspecified atom stereocenters. The highest BCUT2D eigenvalue weighted by Crippen LogP contribution is 2.34. The Bertz CT molecular complexity index is 456. The van der Waals surface area contributed by atoms with E-state index in [9.17, 15) is 4.79 Å². The summed E-state index contributed by atoms with van der Waals surface area (Å²) in [6.45, 7) is 6.24. The largest absolute Gasteiger partial charge is 0.399 e. The fourth-order valence-electron chi connectivity index (χ4n) is 2.78. The molecule has 1 aromatic rings. The lowest BCUT2D eigenvalue weighted by atomic mass is 10.0. The van der Waals surface area contributed by atoms with Gasteiger partial charge in [-0.2, -0.15) is 0 Å². The van der Waals surface area contributed by atoms with Crippen LogP contribution in [0, 0.1) is 5.92 Å². The molecule has 0 spiro atoms. The number of carbonyl (C=O) groups excluding carboxylic acids is 1. The highest BCUT2D eigenvalue weighted by Gasteiger charge is 2.32. The lowest BCUT2D eigenvalue weighted by Crippen LogP contribution is -2.39. The van der Waals surface area contributed by atoms with Gasteiger partial charge in [0.25, 0.3) is 0 Å². The molecule has 0 saturated carbocycles. The third-order valence-electron chi connectivity index (χ3n) is 3.70. The first-order chi connectivity index (χ1) is 8.54. The lowest BCUT2D eigenvalue weighted by Gasteiger charge is -2.26. The Labute approximate surface area is 109 Å². The molecule has 0 aromatic heterocycles. The molecule has 3 nitrogen and oxygen atoms in total. The van der Waals surface area contributed by atoms with Crippen molar-refractivity contribution < 1.29 is 4.79 Å². The number of nitrogen functional groups attached to an aromatic ring is 1. The predicted octanol–water partition coefficient (Wildman–Crippen LogP) is 2.98. The van der Waals surface area contributed by atoms with Gasteiger partial charge in [-0.15, -0.1) is 0 Å². The second kappa shape index (κ2) is 5.01. The molecule has 1 aliphatic rings. The molecular formula is C15H22N2O. The summed E-state index contributed by atoms with van der Waals surface area (Å²) in [7, 11) is 0. The maximum Gasteiger partial charge on any atom is 0.230 e. The first kappa shape index (κ1) is 12.9. The van der Waals surface area contributed by atoms with E-state index in [1.807, 2.05) is 30.0 Å². The zero-order valence-corrected chi connectivity index (χ0v) is 11.4. The Balaban J connectivity index is 2.27. The monoisotopic (exact) mass is 246 g/mol. The first-order valence-electron chi connectivity index (χ1n) is 6.76. The van der Waals surface area contributed by atoms with E-state index in [1.54, 1.807) is 0 Å². The van der Waals surface area contributed by atoms with Gasteiger partial charge in [0.1, 0.15) is 0 Å². The van der Waals surface area contributed by atoms with E-state index in [1.165, 1.54) is 5.56 Å². The molecule has 0 fully saturated rings. The summed E-state index contributed by atoms with van der Waals surface area (Å²) in [5, 5.41) is 0. The number of rotatable bonds is 3. The van der Waals surface area contributed by atoms with Gasteiger partial charge in [0.05, 0.1) is 0 Å². The molecule has 1 aliphatic heterocycles. The summed E-state index contributed by atoms with van der Waals surface area (Å²) in [6.07, 6.45) is 2.90. The van der Waals surface area contributed by atoms with Gasteiger partial charge >= 0.3 is 0 Å². The molecule has 1 amide bonds. The Hall–Kier alpha value is -1.51. The lowest BCUT2D eigenvalue weighted by molar-refractivity contribution is -0.122. The van der Waals surface area contributed by atoms with E-state index < -0.39 is 0 Å². The van der Waals surface area contributed by atoms with Gasteiger partial charge in [-0.3, -0.25) is 4.79 Å². The normalized spacial score (nSPS) is 19.7. The summed E-state index contributed by atoms with van der Waals surface area (Å²) in [5.41, 5.74) is 8.82. The fraction of sp³-hybridized carbons (Fsp3) is 0.533. The van der Waals surface area contributed by atoms with Crippen molar-refractivity contribution in [2.45, 2.75) is 46.1 Å². The Kier molecular flexibility index (Phi) is 3.60. The van der Waals surface area contributed by atoms with Crippen molar-refractivity contribution in [3.8, 4) is 0 Å². The molecule has 2 N–H and O–H groups in total. The topological polar surface area (TPSA) is 46.3 Å². The number of nitrogens with two attached hydrogens (primary N) is 1. The smallest absolute Gasteiger partial charge is 0.230 e. The van der Waals surface area contributed by atoms with Crippen LogP contribution < -0.4 is 10.6 Å². The van der Waals surface area contributed by atoms with Crippen molar-refractivity contribution in [3.05, 3.63) is 23.8 Å². The molecule has 3 heteroatoms. The van der Waals surface area contributed by atoms with Crippen molar-refractivity contribution in [3.63, 3.8) is 0 Å². The number of fused-ring (bicyclic) bond motifs is 1. The van der Waals surface area contributed by atoms with Crippen LogP contribution in [0.15, 0.2) is 18.2 Å². The minimum absolute atomic E-state index is 0.0981. The molecule has 18 heavy (non-hydrogen) atoms. The van der Waals surface area contributed by atoms with Gasteiger partial charge in [0, 0.05) is 23.3 Å². The van der Waals surface area contributed by atoms with E-state index in [0.717, 1.165) is 30.6 Å². The third kappa shape index (κ3) is 2.22. The van der Waals surface area contributed by atoms with E-state index in [2.05, 4.69) is 13.8 Å². The van der Waals surface area contributed by atoms with Crippen molar-refractivity contribution in [1.29, 1.82) is 0 Å². The van der Waals surface area contributed by atoms with Gasteiger partial charge < -0.3 is 10.6 Å². The van der Waals surface area contributed by atoms with Crippen LogP contribution in [0.5, 0.6) is 0 Å². The van der Waals surface area contributed by atoms with Crippen LogP contribution in [0.4, 0.5) is 11.4 Å². The quantitative estimate of drug-likeness (QED) is 0.833. The average Bonchev–Trinajstić information content (AvgIpc) is 2.63. The summed E-state index contributed by atoms with van der Waals surface area (Å²) in [5.74, 6) is 0.342. The van der Waals surface area contributed by atoms with Gasteiger partial charge in [-0.25, -0.2) is 0 Å². The molecule has 98 valence electrons. The Morgan fingerprint density at radius 1 is 1.56 bits per heavy atom. The maximum atomic E-state index is 12.5. The zero-order chi connectivity index (χ0) is 13.3. The highest BCUT2D eigenvalue weighted by molar-refractivity contribution is 5.97. The van der Waals surface area contributed by atoms with Gasteiger partial charge in [-0.05, 0) is 43.5 Å². The van der Waals surface area contributed by atoms with Crippen LogP contribution in [-0.2, 0) is 11.2 Å². The summed E-state index contributed by atoms with van der Waals surface area (Å²) in [4.78, 5) is 14.4. The zero-order valence-electron chi connectivity index (χ0n) is 11.4. The molecule has 0 aliphatic carbocycles. The van der Waals surface area contributed by atoms with E-state index in [4.69, 9.17) is 5.73 Å². The predicted molar refractivity (Wildman–Crippen MR) is 75.6 cm³/mol. The van der Waals surface area contributed by atoms with Gasteiger partial charge in [0.2, 0.25) is 5.91 Å². The molecule has 0 saturated heterocycles. The molecule has 2 rings (SSSR count). The number of nitrogens with zero attached hydrogens (tertiary/aromatic N) is 1. The molecule has 0 bridgehead atoms. The van der Waals surface area contributed by atoms with Crippen molar-refractivity contribution in [2.24, 2.45) is 5.92 Å². The van der Waals surface area contributed by atoms with E-state index >= 15 is 0 Å². The maximum absolute atomic E-state index is 12.5. The first-order valence-corrected chi connectivity index (χ1v) is 6.76. The minimum Gasteiger partial charge on any atom is -0.399 e. The van der Waals surface area contributed by atoms with Crippen LogP contribution in [0.2, 0.25) is 0 Å². The van der Waals surface area contributed by atoms with Gasteiger partial charge in [0.15, 0.2) is 0 Å². The van der Waals surface area contributed by atoms with Gasteiger partial charge in [-0.1, -0.05) is 20.3 Å². The number of hydrogen-bond donors (Lipinski definition) is 1. The summed E-state index contributed by atoms with van der Waals surface area (Å²) >= 11 is 0. The molecule has 1 aromatic carbocycles. The SMILES string of the molecule is CCCC(C)C(=O)N1c2ccc(N)cc2CC1C. The van der Waals surface area contributed by atoms with Crippen LogP contribution in [0.25, 0.3) is 0 Å². The molecule has 1 heterocycles. The number of hydrogen-bond acceptors (Lipinski definition) is 2. The third-order valence-corrected chi connectivity index (χ3v) is 3.70. The standard InChI is InChI=1S/C15H22N2O/c1-4-5-10(2)15(18)17-11(3)8-12-9-13(16)6-7-14(12)17/h6-7,9-11H,4-5,8,16H2,1-3H3. The molecule has 0 radical (unpaired) electrons. The second-order valence-corrected chi connectivity index (χ2v) is 5.34. The van der Waals surface area contributed by atoms with Crippen LogP contribution >= 0.6 is 0 Å². The van der Waals surface area contributed by atoms with Crippen LogP contribution in [0.1, 0.15) is 39.2 Å². The average molecular weight is 246 g/mol. The number of anilines is 2. The van der Waals surface area contributed by atoms with Crippen LogP contribution in [-0.4, -0.2) is 11.9 Å². The molecule has 2 atom stereocenters. The highest BCUT2D eigenvalue weighted by atomic mass is 16.2. The Morgan fingerprint density at radius 3 is 2.94 bits per heavy atom. The van der Waals surface area contributed by atoms with E-state index in [-0.39, 0.29) is 17.9 Å². The number of carbonyl (C=O) groups is 1. The van der Waals surface area contributed by atoms with Crippen molar-refractivity contribution >= 4 is 17.3 Å². The minimum atomic E-state index is 0.0981. The molecular weight excluding hydrogens is 224 g/mol. The second-order valence-electron chi connectivity index (χ2n) is 5.34. The van der Waals surface area contributed by atoms with Crippen molar-refractivity contribution in [2.75, 3.05) is 10.6 Å². The van der Waals surface area contributed by atoms with Crippen molar-refractivity contribution in [1.82, 2.24) is 0 Å². The number of benzene rings is 1.